The molecule has 6 heteroatoms. The number of aliphatic hydroxyl groups excluding tert-OH is 1. The van der Waals surface area contributed by atoms with Crippen LogP contribution in [0.15, 0.2) is 24.3 Å². The van der Waals surface area contributed by atoms with Crippen LogP contribution in [0, 0.1) is 11.7 Å². The van der Waals surface area contributed by atoms with Crippen LogP contribution in [-0.2, 0) is 4.79 Å². The minimum absolute atomic E-state index is 0.0809. The predicted octanol–water partition coefficient (Wildman–Crippen LogP) is 1.57. The number of anilines is 1. The number of carbonyl (C=O) groups is 1. The second-order valence-electron chi connectivity index (χ2n) is 7.16. The summed E-state index contributed by atoms with van der Waals surface area (Å²) >= 11 is 0. The van der Waals surface area contributed by atoms with Gasteiger partial charge in [0.25, 0.3) is 0 Å². The molecule has 2 unspecified atom stereocenters. The van der Waals surface area contributed by atoms with Gasteiger partial charge in [-0.3, -0.25) is 9.69 Å². The molecular weight excluding hydrogens is 321 g/mol. The summed E-state index contributed by atoms with van der Waals surface area (Å²) in [5, 5.41) is 9.63. The lowest BCUT2D eigenvalue weighted by Gasteiger charge is -2.41. The van der Waals surface area contributed by atoms with E-state index in [1.165, 1.54) is 6.07 Å². The number of para-hydroxylation sites is 1. The Morgan fingerprint density at radius 2 is 1.92 bits per heavy atom. The molecule has 1 aromatic carbocycles. The Bertz CT molecular complexity index is 590. The van der Waals surface area contributed by atoms with Crippen molar-refractivity contribution in [1.29, 1.82) is 0 Å². The Balaban J connectivity index is 1.54. The molecule has 0 bridgehead atoms. The molecule has 0 spiro atoms. The maximum atomic E-state index is 13.9. The van der Waals surface area contributed by atoms with Crippen LogP contribution in [0.2, 0.25) is 0 Å². The number of nitrogens with zero attached hydrogens (tertiary/aromatic N) is 3. The van der Waals surface area contributed by atoms with E-state index in [0.717, 1.165) is 19.4 Å². The number of rotatable bonds is 4. The van der Waals surface area contributed by atoms with E-state index in [1.54, 1.807) is 12.1 Å². The van der Waals surface area contributed by atoms with Crippen LogP contribution < -0.4 is 4.90 Å². The van der Waals surface area contributed by atoms with Gasteiger partial charge < -0.3 is 14.9 Å². The number of carbonyl (C=O) groups excluding carboxylic acids is 1. The molecule has 2 heterocycles. The van der Waals surface area contributed by atoms with Crippen LogP contribution in [0.3, 0.4) is 0 Å². The first-order valence-electron chi connectivity index (χ1n) is 9.22. The first kappa shape index (κ1) is 18.1. The fourth-order valence-corrected chi connectivity index (χ4v) is 4.00. The monoisotopic (exact) mass is 349 g/mol. The fourth-order valence-electron chi connectivity index (χ4n) is 4.00. The van der Waals surface area contributed by atoms with Crippen molar-refractivity contribution in [3.63, 3.8) is 0 Å². The van der Waals surface area contributed by atoms with Crippen molar-refractivity contribution in [2.45, 2.75) is 25.8 Å². The number of benzene rings is 1. The average Bonchev–Trinajstić information content (AvgIpc) is 2.62. The highest BCUT2D eigenvalue weighted by Gasteiger charge is 2.31. The molecule has 2 aliphatic rings. The Morgan fingerprint density at radius 3 is 2.60 bits per heavy atom. The number of piperazine rings is 1. The topological polar surface area (TPSA) is 47.0 Å². The zero-order chi connectivity index (χ0) is 17.8. The van der Waals surface area contributed by atoms with Gasteiger partial charge in [0.05, 0.1) is 18.8 Å². The number of hydrogen-bond donors (Lipinski definition) is 1. The molecule has 2 saturated heterocycles. The third-order valence-electron chi connectivity index (χ3n) is 5.58. The highest BCUT2D eigenvalue weighted by molar-refractivity contribution is 5.78. The third-order valence-corrected chi connectivity index (χ3v) is 5.58. The van der Waals surface area contributed by atoms with Crippen LogP contribution in [0.4, 0.5) is 10.1 Å². The summed E-state index contributed by atoms with van der Waals surface area (Å²) in [7, 11) is 0. The fraction of sp³-hybridized carbons (Fsp3) is 0.632. The zero-order valence-corrected chi connectivity index (χ0v) is 14.9. The minimum atomic E-state index is -0.213. The number of halogens is 1. The number of likely N-dealkylation sites (tertiary alicyclic amines) is 1. The molecule has 0 aliphatic carbocycles. The summed E-state index contributed by atoms with van der Waals surface area (Å²) in [6.45, 7) is 6.01. The summed E-state index contributed by atoms with van der Waals surface area (Å²) in [5.41, 5.74) is 0.611. The first-order chi connectivity index (χ1) is 12.1. The van der Waals surface area contributed by atoms with Crippen molar-refractivity contribution in [3.8, 4) is 0 Å². The van der Waals surface area contributed by atoms with Crippen LogP contribution in [-0.4, -0.2) is 72.7 Å². The lowest BCUT2D eigenvalue weighted by molar-refractivity contribution is -0.134. The van der Waals surface area contributed by atoms with Crippen molar-refractivity contribution in [3.05, 3.63) is 30.1 Å². The largest absolute Gasteiger partial charge is 0.395 e. The van der Waals surface area contributed by atoms with Crippen molar-refractivity contribution < 1.29 is 14.3 Å². The maximum absolute atomic E-state index is 13.9. The quantitative estimate of drug-likeness (QED) is 0.896. The molecule has 138 valence electrons. The molecule has 0 radical (unpaired) electrons. The van der Waals surface area contributed by atoms with Crippen molar-refractivity contribution in [2.75, 3.05) is 50.8 Å². The molecule has 1 N–H and O–H groups in total. The Hall–Kier alpha value is -1.66. The van der Waals surface area contributed by atoms with E-state index in [0.29, 0.717) is 44.3 Å². The van der Waals surface area contributed by atoms with Crippen molar-refractivity contribution in [1.82, 2.24) is 9.80 Å². The smallest absolute Gasteiger partial charge is 0.236 e. The number of amides is 1. The molecule has 2 fully saturated rings. The van der Waals surface area contributed by atoms with Gasteiger partial charge in [0, 0.05) is 32.2 Å². The first-order valence-corrected chi connectivity index (χ1v) is 9.22. The molecule has 5 nitrogen and oxygen atoms in total. The van der Waals surface area contributed by atoms with Crippen LogP contribution in [0.25, 0.3) is 0 Å². The lowest BCUT2D eigenvalue weighted by atomic mass is 9.91. The highest BCUT2D eigenvalue weighted by atomic mass is 19.1. The van der Waals surface area contributed by atoms with Gasteiger partial charge in [-0.1, -0.05) is 19.1 Å². The molecule has 1 aromatic rings. The highest BCUT2D eigenvalue weighted by Crippen LogP contribution is 2.23. The molecule has 25 heavy (non-hydrogen) atoms. The van der Waals surface area contributed by atoms with Crippen LogP contribution >= 0.6 is 0 Å². The number of piperidine rings is 1. The Kier molecular flexibility index (Phi) is 5.91. The van der Waals surface area contributed by atoms with Gasteiger partial charge in [-0.15, -0.1) is 0 Å². The van der Waals surface area contributed by atoms with Gasteiger partial charge in [-0.2, -0.15) is 0 Å². The second-order valence-corrected chi connectivity index (χ2v) is 7.16. The number of hydrogen-bond acceptors (Lipinski definition) is 4. The summed E-state index contributed by atoms with van der Waals surface area (Å²) in [6, 6.07) is 6.86. The summed E-state index contributed by atoms with van der Waals surface area (Å²) in [4.78, 5) is 18.6. The molecule has 0 saturated carbocycles. The summed E-state index contributed by atoms with van der Waals surface area (Å²) < 4.78 is 13.9. The standard InChI is InChI=1S/C19H28FN3O2/c1-15-5-4-8-23(18(15)14-24)13-19(25)22-11-9-21(10-12-22)17-7-3-2-6-16(17)20/h2-3,6-7,15,18,24H,4-5,8-14H2,1H3. The molecule has 2 atom stereocenters. The van der Waals surface area contributed by atoms with Crippen molar-refractivity contribution >= 4 is 11.6 Å². The van der Waals surface area contributed by atoms with E-state index in [2.05, 4.69) is 11.8 Å². The van der Waals surface area contributed by atoms with Crippen LogP contribution in [0.1, 0.15) is 19.8 Å². The zero-order valence-electron chi connectivity index (χ0n) is 14.9. The molecule has 3 rings (SSSR count). The van der Waals surface area contributed by atoms with E-state index < -0.39 is 0 Å². The Labute approximate surface area is 149 Å². The van der Waals surface area contributed by atoms with E-state index in [9.17, 15) is 14.3 Å². The molecule has 1 amide bonds. The van der Waals surface area contributed by atoms with Crippen molar-refractivity contribution in [2.24, 2.45) is 5.92 Å². The minimum Gasteiger partial charge on any atom is -0.395 e. The number of aliphatic hydroxyl groups is 1. The lowest BCUT2D eigenvalue weighted by Crippen LogP contribution is -2.54. The van der Waals surface area contributed by atoms with E-state index in [4.69, 9.17) is 0 Å². The summed E-state index contributed by atoms with van der Waals surface area (Å²) in [5.74, 6) is 0.320. The van der Waals surface area contributed by atoms with Gasteiger partial charge in [0.15, 0.2) is 0 Å². The normalized spacial score (nSPS) is 25.2. The molecule has 2 aliphatic heterocycles. The maximum Gasteiger partial charge on any atom is 0.236 e. The Morgan fingerprint density at radius 1 is 1.20 bits per heavy atom. The average molecular weight is 349 g/mol. The third kappa shape index (κ3) is 4.12. The van der Waals surface area contributed by atoms with Gasteiger partial charge in [-0.25, -0.2) is 4.39 Å². The second kappa shape index (κ2) is 8.15. The predicted molar refractivity (Wildman–Crippen MR) is 96.0 cm³/mol. The summed E-state index contributed by atoms with van der Waals surface area (Å²) in [6.07, 6.45) is 2.18. The van der Waals surface area contributed by atoms with Gasteiger partial charge >= 0.3 is 0 Å². The van der Waals surface area contributed by atoms with Gasteiger partial charge in [-0.05, 0) is 37.4 Å². The SMILES string of the molecule is CC1CCCN(CC(=O)N2CCN(c3ccccc3F)CC2)C1CO. The van der Waals surface area contributed by atoms with E-state index in [1.807, 2.05) is 15.9 Å². The van der Waals surface area contributed by atoms with E-state index >= 15 is 0 Å². The van der Waals surface area contributed by atoms with Gasteiger partial charge in [0.2, 0.25) is 5.91 Å². The van der Waals surface area contributed by atoms with Crippen LogP contribution in [0.5, 0.6) is 0 Å². The molecule has 0 aromatic heterocycles. The molecular formula is C19H28FN3O2. The van der Waals surface area contributed by atoms with Gasteiger partial charge in [0.1, 0.15) is 5.82 Å². The van der Waals surface area contributed by atoms with E-state index in [-0.39, 0.29) is 24.4 Å².